The van der Waals surface area contributed by atoms with Crippen molar-refractivity contribution in [1.82, 2.24) is 4.90 Å². The Hall–Kier alpha value is -2.08. The highest BCUT2D eigenvalue weighted by molar-refractivity contribution is 5.77. The molecule has 0 atom stereocenters. The van der Waals surface area contributed by atoms with Crippen LogP contribution in [0.2, 0.25) is 0 Å². The van der Waals surface area contributed by atoms with Gasteiger partial charge in [0.25, 0.3) is 0 Å². The van der Waals surface area contributed by atoms with Crippen molar-refractivity contribution in [2.75, 3.05) is 20.3 Å². The van der Waals surface area contributed by atoms with Gasteiger partial charge in [-0.1, -0.05) is 18.2 Å². The topological polar surface area (TPSA) is 87.1 Å². The van der Waals surface area contributed by atoms with Crippen LogP contribution in [0.1, 0.15) is 5.56 Å². The van der Waals surface area contributed by atoms with Crippen LogP contribution in [0.15, 0.2) is 24.3 Å². The molecule has 6 nitrogen and oxygen atoms in total. The number of phenolic OH excluding ortho intramolecular Hbond substituents is 1. The van der Waals surface area contributed by atoms with Crippen molar-refractivity contribution in [3.63, 3.8) is 0 Å². The van der Waals surface area contributed by atoms with Crippen molar-refractivity contribution in [1.29, 1.82) is 0 Å². The van der Waals surface area contributed by atoms with E-state index in [1.807, 2.05) is 0 Å². The first-order chi connectivity index (χ1) is 8.50. The molecule has 0 heterocycles. The molecule has 18 heavy (non-hydrogen) atoms. The van der Waals surface area contributed by atoms with Crippen LogP contribution in [0, 0.1) is 0 Å². The Bertz CT molecular complexity index is 432. The van der Waals surface area contributed by atoms with Crippen molar-refractivity contribution in [2.24, 2.45) is 0 Å². The predicted molar refractivity (Wildman–Crippen MR) is 63.0 cm³/mol. The zero-order chi connectivity index (χ0) is 13.5. The van der Waals surface area contributed by atoms with E-state index in [1.54, 1.807) is 25.2 Å². The van der Waals surface area contributed by atoms with Crippen molar-refractivity contribution >= 4 is 11.9 Å². The number of ether oxygens (including phenoxy) is 1. The van der Waals surface area contributed by atoms with E-state index in [1.165, 1.54) is 11.0 Å². The number of carbonyl (C=O) groups excluding carboxylic acids is 1. The number of hydrogen-bond acceptors (Lipinski definition) is 4. The molecule has 0 aliphatic rings. The third-order valence-corrected chi connectivity index (χ3v) is 2.28. The molecule has 0 saturated heterocycles. The average molecular weight is 253 g/mol. The molecule has 0 aliphatic heterocycles. The number of carboxylic acid groups (broad SMARTS) is 1. The minimum Gasteiger partial charge on any atom is -0.508 e. The van der Waals surface area contributed by atoms with Gasteiger partial charge in [-0.05, 0) is 6.07 Å². The van der Waals surface area contributed by atoms with E-state index in [2.05, 4.69) is 0 Å². The minimum atomic E-state index is -1.12. The van der Waals surface area contributed by atoms with Gasteiger partial charge in [0.2, 0.25) is 5.91 Å². The largest absolute Gasteiger partial charge is 0.508 e. The lowest BCUT2D eigenvalue weighted by Crippen LogP contribution is -2.30. The number of aromatic hydroxyl groups is 1. The molecule has 0 radical (unpaired) electrons. The number of carbonyl (C=O) groups is 2. The normalized spacial score (nSPS) is 10.1. The van der Waals surface area contributed by atoms with Gasteiger partial charge in [-0.2, -0.15) is 0 Å². The number of rotatable bonds is 6. The fourth-order valence-electron chi connectivity index (χ4n) is 1.32. The zero-order valence-electron chi connectivity index (χ0n) is 10.00. The third kappa shape index (κ3) is 4.42. The zero-order valence-corrected chi connectivity index (χ0v) is 10.00. The summed E-state index contributed by atoms with van der Waals surface area (Å²) in [6.07, 6.45) is 0. The van der Waals surface area contributed by atoms with Crippen LogP contribution in [-0.4, -0.2) is 47.3 Å². The summed E-state index contributed by atoms with van der Waals surface area (Å²) >= 11 is 0. The van der Waals surface area contributed by atoms with Crippen LogP contribution in [0.25, 0.3) is 0 Å². The molecule has 6 heteroatoms. The quantitative estimate of drug-likeness (QED) is 0.768. The third-order valence-electron chi connectivity index (χ3n) is 2.28. The molecule has 1 aromatic carbocycles. The highest BCUT2D eigenvalue weighted by Crippen LogP contribution is 2.16. The molecule has 0 bridgehead atoms. The first-order valence-electron chi connectivity index (χ1n) is 5.31. The average Bonchev–Trinajstić information content (AvgIpc) is 2.31. The fraction of sp³-hybridized carbons (Fsp3) is 0.333. The summed E-state index contributed by atoms with van der Waals surface area (Å²) in [5.41, 5.74) is 0.617. The van der Waals surface area contributed by atoms with Crippen molar-refractivity contribution in [2.45, 2.75) is 6.54 Å². The number of carboxylic acids is 1. The summed E-state index contributed by atoms with van der Waals surface area (Å²) < 4.78 is 4.69. The first-order valence-corrected chi connectivity index (χ1v) is 5.31. The number of likely N-dealkylation sites (N-methyl/N-ethyl adjacent to an activating group) is 1. The van der Waals surface area contributed by atoms with Crippen LogP contribution < -0.4 is 0 Å². The van der Waals surface area contributed by atoms with Crippen molar-refractivity contribution in [3.8, 4) is 5.75 Å². The number of amides is 1. The van der Waals surface area contributed by atoms with Gasteiger partial charge < -0.3 is 19.8 Å². The maximum atomic E-state index is 11.6. The van der Waals surface area contributed by atoms with Crippen LogP contribution >= 0.6 is 0 Å². The van der Waals surface area contributed by atoms with Crippen LogP contribution in [-0.2, 0) is 20.9 Å². The molecule has 0 spiro atoms. The summed E-state index contributed by atoms with van der Waals surface area (Å²) in [4.78, 5) is 23.1. The first kappa shape index (κ1) is 14.0. The summed E-state index contributed by atoms with van der Waals surface area (Å²) in [5.74, 6) is -1.35. The Morgan fingerprint density at radius 2 is 1.94 bits per heavy atom. The number of para-hydroxylation sites is 1. The molecular weight excluding hydrogens is 238 g/mol. The van der Waals surface area contributed by atoms with E-state index >= 15 is 0 Å². The molecule has 1 aromatic rings. The smallest absolute Gasteiger partial charge is 0.329 e. The number of benzene rings is 1. The van der Waals surface area contributed by atoms with Gasteiger partial charge in [-0.15, -0.1) is 0 Å². The summed E-state index contributed by atoms with van der Waals surface area (Å²) in [6, 6.07) is 6.69. The molecule has 0 unspecified atom stereocenters. The van der Waals surface area contributed by atoms with E-state index < -0.39 is 12.6 Å². The van der Waals surface area contributed by atoms with E-state index in [-0.39, 0.29) is 24.8 Å². The molecule has 1 rings (SSSR count). The SMILES string of the molecule is CN(Cc1ccccc1O)C(=O)COCC(=O)O. The molecule has 2 N–H and O–H groups in total. The van der Waals surface area contributed by atoms with Gasteiger partial charge in [0, 0.05) is 19.2 Å². The molecule has 0 aromatic heterocycles. The fourth-order valence-corrected chi connectivity index (χ4v) is 1.32. The number of phenols is 1. The lowest BCUT2D eigenvalue weighted by atomic mass is 10.2. The highest BCUT2D eigenvalue weighted by atomic mass is 16.5. The van der Waals surface area contributed by atoms with Gasteiger partial charge in [-0.3, -0.25) is 4.79 Å². The molecular formula is C12H15NO5. The van der Waals surface area contributed by atoms with Gasteiger partial charge in [-0.25, -0.2) is 4.79 Å². The maximum absolute atomic E-state index is 11.6. The van der Waals surface area contributed by atoms with Crippen molar-refractivity contribution < 1.29 is 24.5 Å². The molecule has 98 valence electrons. The monoisotopic (exact) mass is 253 g/mol. The second-order valence-corrected chi connectivity index (χ2v) is 3.77. The van der Waals surface area contributed by atoms with Gasteiger partial charge >= 0.3 is 5.97 Å². The number of nitrogens with zero attached hydrogens (tertiary/aromatic N) is 1. The lowest BCUT2D eigenvalue weighted by Gasteiger charge is -2.17. The van der Waals surface area contributed by atoms with Crippen LogP contribution in [0.4, 0.5) is 0 Å². The summed E-state index contributed by atoms with van der Waals surface area (Å²) in [5, 5.41) is 17.9. The molecule has 0 fully saturated rings. The Labute approximate surface area is 104 Å². The van der Waals surface area contributed by atoms with Gasteiger partial charge in [0.15, 0.2) is 0 Å². The van der Waals surface area contributed by atoms with E-state index in [9.17, 15) is 14.7 Å². The van der Waals surface area contributed by atoms with Gasteiger partial charge in [0.05, 0.1) is 0 Å². The highest BCUT2D eigenvalue weighted by Gasteiger charge is 2.11. The predicted octanol–water partition coefficient (Wildman–Crippen LogP) is 0.452. The van der Waals surface area contributed by atoms with Crippen molar-refractivity contribution in [3.05, 3.63) is 29.8 Å². The Balaban J connectivity index is 2.45. The lowest BCUT2D eigenvalue weighted by molar-refractivity contribution is -0.145. The Morgan fingerprint density at radius 1 is 1.28 bits per heavy atom. The second kappa shape index (κ2) is 6.61. The molecule has 1 amide bonds. The van der Waals surface area contributed by atoms with Crippen LogP contribution in [0.5, 0.6) is 5.75 Å². The summed E-state index contributed by atoms with van der Waals surface area (Å²) in [6.45, 7) is -0.561. The van der Waals surface area contributed by atoms with E-state index in [0.717, 1.165) is 0 Å². The van der Waals surface area contributed by atoms with Crippen LogP contribution in [0.3, 0.4) is 0 Å². The number of hydrogen-bond donors (Lipinski definition) is 2. The number of aliphatic carboxylic acids is 1. The minimum absolute atomic E-state index is 0.114. The molecule has 0 aliphatic carbocycles. The second-order valence-electron chi connectivity index (χ2n) is 3.77. The molecule has 0 saturated carbocycles. The van der Waals surface area contributed by atoms with Gasteiger partial charge in [0.1, 0.15) is 19.0 Å². The standard InChI is InChI=1S/C12H15NO5/c1-13(11(15)7-18-8-12(16)17)6-9-4-2-3-5-10(9)14/h2-5,14H,6-8H2,1H3,(H,16,17). The maximum Gasteiger partial charge on any atom is 0.329 e. The Kier molecular flexibility index (Phi) is 5.13. The summed E-state index contributed by atoms with van der Waals surface area (Å²) in [7, 11) is 1.55. The van der Waals surface area contributed by atoms with E-state index in [4.69, 9.17) is 9.84 Å². The van der Waals surface area contributed by atoms with E-state index in [0.29, 0.717) is 5.56 Å². The Morgan fingerprint density at radius 3 is 2.56 bits per heavy atom.